The number of hydrogen-bond donors (Lipinski definition) is 2. The lowest BCUT2D eigenvalue weighted by Gasteiger charge is -2.13. The number of carboxylic acids is 1. The van der Waals surface area contributed by atoms with E-state index in [4.69, 9.17) is 9.84 Å². The smallest absolute Gasteiger partial charge is 0.307 e. The Bertz CT molecular complexity index is 633. The van der Waals surface area contributed by atoms with Crippen LogP contribution in [0, 0.1) is 0 Å². The first kappa shape index (κ1) is 12.9. The van der Waals surface area contributed by atoms with Gasteiger partial charge in [0.25, 0.3) is 0 Å². The minimum absolute atomic E-state index is 0.0575. The van der Waals surface area contributed by atoms with Crippen LogP contribution < -0.4 is 10.1 Å². The summed E-state index contributed by atoms with van der Waals surface area (Å²) in [5, 5.41) is 14.2. The maximum absolute atomic E-state index is 10.7. The Balaban J connectivity index is 1.82. The zero-order chi connectivity index (χ0) is 13.9. The molecule has 4 heteroatoms. The van der Waals surface area contributed by atoms with E-state index in [1.54, 1.807) is 0 Å². The maximum atomic E-state index is 10.7. The number of carbonyl (C=O) groups is 1. The Morgan fingerprint density at radius 3 is 2.80 bits per heavy atom. The normalized spacial score (nSPS) is 18.3. The molecule has 1 unspecified atom stereocenters. The third kappa shape index (κ3) is 2.91. The summed E-state index contributed by atoms with van der Waals surface area (Å²) in [4.78, 5) is 10.7. The lowest BCUT2D eigenvalue weighted by Crippen LogP contribution is -2.19. The summed E-state index contributed by atoms with van der Waals surface area (Å²) < 4.78 is 5.92. The van der Waals surface area contributed by atoms with E-state index >= 15 is 0 Å². The van der Waals surface area contributed by atoms with Gasteiger partial charge in [0.05, 0.1) is 6.42 Å². The summed E-state index contributed by atoms with van der Waals surface area (Å²) in [6.07, 6.45) is 1.34. The predicted molar refractivity (Wildman–Crippen MR) is 77.2 cm³/mol. The first-order chi connectivity index (χ1) is 9.70. The van der Waals surface area contributed by atoms with Crippen molar-refractivity contribution in [3.63, 3.8) is 0 Å². The van der Waals surface area contributed by atoms with Crippen LogP contribution in [0.15, 0.2) is 36.4 Å². The van der Waals surface area contributed by atoms with E-state index in [-0.39, 0.29) is 12.5 Å². The lowest BCUT2D eigenvalue weighted by atomic mass is 10.0. The zero-order valence-electron chi connectivity index (χ0n) is 11.1. The molecule has 2 aromatic carbocycles. The SMILES string of the molecule is O=C(O)Cc1ccc2cc(OC3CCNC3)ccc2c1. The van der Waals surface area contributed by atoms with Gasteiger partial charge in [0, 0.05) is 6.54 Å². The van der Waals surface area contributed by atoms with Crippen LogP contribution >= 0.6 is 0 Å². The second kappa shape index (κ2) is 5.51. The third-order valence-electron chi connectivity index (χ3n) is 3.55. The molecule has 4 nitrogen and oxygen atoms in total. The lowest BCUT2D eigenvalue weighted by molar-refractivity contribution is -0.136. The Morgan fingerprint density at radius 1 is 1.25 bits per heavy atom. The molecule has 2 N–H and O–H groups in total. The van der Waals surface area contributed by atoms with Crippen molar-refractivity contribution in [3.05, 3.63) is 42.0 Å². The highest BCUT2D eigenvalue weighted by atomic mass is 16.5. The van der Waals surface area contributed by atoms with Crippen molar-refractivity contribution in [1.82, 2.24) is 5.32 Å². The largest absolute Gasteiger partial charge is 0.489 e. The molecule has 0 aliphatic carbocycles. The Hall–Kier alpha value is -2.07. The van der Waals surface area contributed by atoms with Crippen molar-refractivity contribution in [2.24, 2.45) is 0 Å². The fourth-order valence-electron chi connectivity index (χ4n) is 2.55. The van der Waals surface area contributed by atoms with Crippen LogP contribution in [0.5, 0.6) is 5.75 Å². The Kier molecular flexibility index (Phi) is 3.56. The van der Waals surface area contributed by atoms with Gasteiger partial charge in [-0.25, -0.2) is 0 Å². The van der Waals surface area contributed by atoms with E-state index in [1.807, 2.05) is 36.4 Å². The maximum Gasteiger partial charge on any atom is 0.307 e. The molecule has 1 aliphatic heterocycles. The predicted octanol–water partition coefficient (Wildman–Crippen LogP) is 2.21. The first-order valence-corrected chi connectivity index (χ1v) is 6.82. The molecule has 0 amide bonds. The molecule has 20 heavy (non-hydrogen) atoms. The average molecular weight is 271 g/mol. The summed E-state index contributed by atoms with van der Waals surface area (Å²) >= 11 is 0. The monoisotopic (exact) mass is 271 g/mol. The molecular formula is C16H17NO3. The van der Waals surface area contributed by atoms with Gasteiger partial charge < -0.3 is 15.2 Å². The van der Waals surface area contributed by atoms with E-state index < -0.39 is 5.97 Å². The van der Waals surface area contributed by atoms with Crippen molar-refractivity contribution in [1.29, 1.82) is 0 Å². The van der Waals surface area contributed by atoms with Crippen LogP contribution in [0.25, 0.3) is 10.8 Å². The molecule has 0 saturated carbocycles. The van der Waals surface area contributed by atoms with Crippen LogP contribution in [0.2, 0.25) is 0 Å². The quantitative estimate of drug-likeness (QED) is 0.895. The van der Waals surface area contributed by atoms with Crippen molar-refractivity contribution in [3.8, 4) is 5.75 Å². The molecule has 104 valence electrons. The number of hydrogen-bond acceptors (Lipinski definition) is 3. The molecule has 0 radical (unpaired) electrons. The van der Waals surface area contributed by atoms with Crippen molar-refractivity contribution < 1.29 is 14.6 Å². The van der Waals surface area contributed by atoms with Crippen LogP contribution in [-0.4, -0.2) is 30.3 Å². The number of ether oxygens (including phenoxy) is 1. The Labute approximate surface area is 117 Å². The van der Waals surface area contributed by atoms with Crippen LogP contribution in [0.1, 0.15) is 12.0 Å². The van der Waals surface area contributed by atoms with E-state index in [9.17, 15) is 4.79 Å². The number of fused-ring (bicyclic) bond motifs is 1. The van der Waals surface area contributed by atoms with Gasteiger partial charge in [-0.05, 0) is 41.4 Å². The fraction of sp³-hybridized carbons (Fsp3) is 0.312. The van der Waals surface area contributed by atoms with Crippen molar-refractivity contribution >= 4 is 16.7 Å². The molecule has 0 aromatic heterocycles. The summed E-state index contributed by atoms with van der Waals surface area (Å²) in [5.74, 6) is 0.0650. The summed E-state index contributed by atoms with van der Waals surface area (Å²) in [7, 11) is 0. The highest BCUT2D eigenvalue weighted by Crippen LogP contribution is 2.24. The van der Waals surface area contributed by atoms with E-state index in [2.05, 4.69) is 5.32 Å². The number of aliphatic carboxylic acids is 1. The molecule has 1 fully saturated rings. The second-order valence-corrected chi connectivity index (χ2v) is 5.15. The number of rotatable bonds is 4. The standard InChI is InChI=1S/C16H17NO3/c18-16(19)8-11-1-2-13-9-14(4-3-12(13)7-11)20-15-5-6-17-10-15/h1-4,7,9,15,17H,5-6,8,10H2,(H,18,19). The van der Waals surface area contributed by atoms with Gasteiger partial charge in [0.1, 0.15) is 11.9 Å². The van der Waals surface area contributed by atoms with Gasteiger partial charge >= 0.3 is 5.97 Å². The van der Waals surface area contributed by atoms with Gasteiger partial charge in [-0.3, -0.25) is 4.79 Å². The molecule has 0 spiro atoms. The highest BCUT2D eigenvalue weighted by molar-refractivity contribution is 5.85. The van der Waals surface area contributed by atoms with E-state index in [0.29, 0.717) is 0 Å². The summed E-state index contributed by atoms with van der Waals surface area (Å²) in [5.41, 5.74) is 0.818. The minimum atomic E-state index is -0.807. The fourth-order valence-corrected chi connectivity index (χ4v) is 2.55. The molecule has 3 rings (SSSR count). The van der Waals surface area contributed by atoms with Gasteiger partial charge in [-0.2, -0.15) is 0 Å². The minimum Gasteiger partial charge on any atom is -0.489 e. The number of carboxylic acid groups (broad SMARTS) is 1. The number of benzene rings is 2. The van der Waals surface area contributed by atoms with Gasteiger partial charge in [-0.1, -0.05) is 24.3 Å². The van der Waals surface area contributed by atoms with Crippen molar-refractivity contribution in [2.75, 3.05) is 13.1 Å². The second-order valence-electron chi connectivity index (χ2n) is 5.15. The van der Waals surface area contributed by atoms with Crippen LogP contribution in [-0.2, 0) is 11.2 Å². The topological polar surface area (TPSA) is 58.6 Å². The molecular weight excluding hydrogens is 254 g/mol. The van der Waals surface area contributed by atoms with Crippen LogP contribution in [0.3, 0.4) is 0 Å². The molecule has 1 atom stereocenters. The molecule has 0 bridgehead atoms. The van der Waals surface area contributed by atoms with E-state index in [1.165, 1.54) is 0 Å². The molecule has 1 aliphatic rings. The van der Waals surface area contributed by atoms with Crippen molar-refractivity contribution in [2.45, 2.75) is 18.9 Å². The van der Waals surface area contributed by atoms with Gasteiger partial charge in [0.2, 0.25) is 0 Å². The molecule has 1 saturated heterocycles. The zero-order valence-corrected chi connectivity index (χ0v) is 11.1. The molecule has 2 aromatic rings. The molecule has 1 heterocycles. The van der Waals surface area contributed by atoms with Crippen LogP contribution in [0.4, 0.5) is 0 Å². The summed E-state index contributed by atoms with van der Waals surface area (Å²) in [6, 6.07) is 11.7. The van der Waals surface area contributed by atoms with E-state index in [0.717, 1.165) is 41.6 Å². The third-order valence-corrected chi connectivity index (χ3v) is 3.55. The average Bonchev–Trinajstić information content (AvgIpc) is 2.91. The van der Waals surface area contributed by atoms with Gasteiger partial charge in [0.15, 0.2) is 0 Å². The Morgan fingerprint density at radius 2 is 2.05 bits per heavy atom. The highest BCUT2D eigenvalue weighted by Gasteiger charge is 2.15. The number of nitrogens with one attached hydrogen (secondary N) is 1. The van der Waals surface area contributed by atoms with Gasteiger partial charge in [-0.15, -0.1) is 0 Å². The first-order valence-electron chi connectivity index (χ1n) is 6.82. The summed E-state index contributed by atoms with van der Waals surface area (Å²) in [6.45, 7) is 1.91.